The first-order chi connectivity index (χ1) is 12.7. The molecule has 1 N–H and O–H groups in total. The molecule has 1 fully saturated rings. The Morgan fingerprint density at radius 3 is 2.23 bits per heavy atom. The smallest absolute Gasteiger partial charge is 0.134 e. The highest BCUT2D eigenvalue weighted by Crippen LogP contribution is 2.34. The number of nitrogens with one attached hydrogen (secondary N) is 1. The lowest BCUT2D eigenvalue weighted by Gasteiger charge is -2.27. The number of benzene rings is 1. The van der Waals surface area contributed by atoms with Gasteiger partial charge in [-0.3, -0.25) is 0 Å². The predicted octanol–water partition coefficient (Wildman–Crippen LogP) is 3.10. The SMILES string of the molecule is COc1cc(OC)c(CNc2cc(N3CCCCC3)ncn2)c(OC)c1. The molecule has 7 nitrogen and oxygen atoms in total. The molecule has 0 saturated carbocycles. The summed E-state index contributed by atoms with van der Waals surface area (Å²) in [5.41, 5.74) is 0.911. The van der Waals surface area contributed by atoms with E-state index in [9.17, 15) is 0 Å². The minimum Gasteiger partial charge on any atom is -0.496 e. The molecular formula is C19H26N4O3. The van der Waals surface area contributed by atoms with Crippen molar-refractivity contribution in [2.75, 3.05) is 44.6 Å². The molecule has 0 aliphatic carbocycles. The minimum atomic E-state index is 0.521. The van der Waals surface area contributed by atoms with Crippen LogP contribution in [0.25, 0.3) is 0 Å². The van der Waals surface area contributed by atoms with Crippen molar-refractivity contribution in [3.63, 3.8) is 0 Å². The fourth-order valence-electron chi connectivity index (χ4n) is 3.17. The van der Waals surface area contributed by atoms with E-state index in [0.29, 0.717) is 23.8 Å². The molecular weight excluding hydrogens is 332 g/mol. The van der Waals surface area contributed by atoms with Crippen molar-refractivity contribution in [3.8, 4) is 17.2 Å². The quantitative estimate of drug-likeness (QED) is 0.815. The summed E-state index contributed by atoms with van der Waals surface area (Å²) in [6.07, 6.45) is 5.33. The van der Waals surface area contributed by atoms with Crippen LogP contribution >= 0.6 is 0 Å². The summed E-state index contributed by atoms with van der Waals surface area (Å²) in [5, 5.41) is 3.35. The first-order valence-electron chi connectivity index (χ1n) is 8.85. The number of hydrogen-bond donors (Lipinski definition) is 1. The second-order valence-electron chi connectivity index (χ2n) is 6.17. The van der Waals surface area contributed by atoms with Gasteiger partial charge >= 0.3 is 0 Å². The molecule has 140 valence electrons. The number of ether oxygens (including phenoxy) is 3. The lowest BCUT2D eigenvalue weighted by molar-refractivity contribution is 0.369. The Labute approximate surface area is 154 Å². The van der Waals surface area contributed by atoms with Gasteiger partial charge in [-0.25, -0.2) is 9.97 Å². The molecule has 1 aromatic heterocycles. The maximum atomic E-state index is 5.50. The minimum absolute atomic E-state index is 0.521. The van der Waals surface area contributed by atoms with E-state index in [4.69, 9.17) is 14.2 Å². The van der Waals surface area contributed by atoms with Gasteiger partial charge in [-0.1, -0.05) is 0 Å². The number of rotatable bonds is 7. The van der Waals surface area contributed by atoms with Crippen LogP contribution in [0.15, 0.2) is 24.5 Å². The van der Waals surface area contributed by atoms with Gasteiger partial charge in [0, 0.05) is 37.8 Å². The third-order valence-corrected chi connectivity index (χ3v) is 4.60. The average molecular weight is 358 g/mol. The molecule has 0 unspecified atom stereocenters. The largest absolute Gasteiger partial charge is 0.496 e. The van der Waals surface area contributed by atoms with E-state index in [2.05, 4.69) is 20.2 Å². The fraction of sp³-hybridized carbons (Fsp3) is 0.474. The second-order valence-corrected chi connectivity index (χ2v) is 6.17. The van der Waals surface area contributed by atoms with E-state index < -0.39 is 0 Å². The van der Waals surface area contributed by atoms with Gasteiger partial charge in [-0.15, -0.1) is 0 Å². The van der Waals surface area contributed by atoms with Crippen molar-refractivity contribution in [1.29, 1.82) is 0 Å². The van der Waals surface area contributed by atoms with E-state index in [0.717, 1.165) is 30.3 Å². The Morgan fingerprint density at radius 2 is 1.62 bits per heavy atom. The summed E-state index contributed by atoms with van der Waals surface area (Å²) in [5.74, 6) is 3.85. The van der Waals surface area contributed by atoms with Crippen molar-refractivity contribution in [2.24, 2.45) is 0 Å². The van der Waals surface area contributed by atoms with Gasteiger partial charge in [-0.2, -0.15) is 0 Å². The zero-order chi connectivity index (χ0) is 18.4. The third-order valence-electron chi connectivity index (χ3n) is 4.60. The molecule has 7 heteroatoms. The van der Waals surface area contributed by atoms with Crippen molar-refractivity contribution >= 4 is 11.6 Å². The normalized spacial score (nSPS) is 14.0. The van der Waals surface area contributed by atoms with Crippen LogP contribution in [0.2, 0.25) is 0 Å². The van der Waals surface area contributed by atoms with Crippen LogP contribution in [0, 0.1) is 0 Å². The number of methoxy groups -OCH3 is 3. The molecule has 0 spiro atoms. The molecule has 1 aliphatic rings. The maximum Gasteiger partial charge on any atom is 0.134 e. The van der Waals surface area contributed by atoms with E-state index in [1.165, 1.54) is 19.3 Å². The van der Waals surface area contributed by atoms with E-state index >= 15 is 0 Å². The van der Waals surface area contributed by atoms with Crippen LogP contribution in [0.3, 0.4) is 0 Å². The second kappa shape index (κ2) is 8.60. The topological polar surface area (TPSA) is 68.7 Å². The molecule has 3 rings (SSSR count). The van der Waals surface area contributed by atoms with Crippen molar-refractivity contribution in [2.45, 2.75) is 25.8 Å². The van der Waals surface area contributed by atoms with Crippen LogP contribution in [-0.2, 0) is 6.54 Å². The van der Waals surface area contributed by atoms with Gasteiger partial charge in [0.15, 0.2) is 0 Å². The van der Waals surface area contributed by atoms with Crippen LogP contribution < -0.4 is 24.4 Å². The number of aromatic nitrogens is 2. The van der Waals surface area contributed by atoms with Gasteiger partial charge < -0.3 is 24.4 Å². The molecule has 0 atom stereocenters. The standard InChI is InChI=1S/C19H26N4O3/c1-24-14-9-16(25-2)15(17(10-14)26-3)12-20-18-11-19(22-13-21-18)23-7-5-4-6-8-23/h9-11,13H,4-8,12H2,1-3H3,(H,20,21,22). The van der Waals surface area contributed by atoms with E-state index in [1.54, 1.807) is 27.7 Å². The lowest BCUT2D eigenvalue weighted by atomic mass is 10.1. The van der Waals surface area contributed by atoms with E-state index in [1.807, 2.05) is 18.2 Å². The van der Waals surface area contributed by atoms with Gasteiger partial charge in [0.1, 0.15) is 35.2 Å². The maximum absolute atomic E-state index is 5.50. The number of anilines is 2. The van der Waals surface area contributed by atoms with Gasteiger partial charge in [-0.05, 0) is 19.3 Å². The van der Waals surface area contributed by atoms with E-state index in [-0.39, 0.29) is 0 Å². The number of piperidine rings is 1. The third kappa shape index (κ3) is 4.09. The summed E-state index contributed by atoms with van der Waals surface area (Å²) < 4.78 is 16.3. The Kier molecular flexibility index (Phi) is 5.99. The van der Waals surface area contributed by atoms with Crippen LogP contribution in [-0.4, -0.2) is 44.4 Å². The summed E-state index contributed by atoms with van der Waals surface area (Å²) >= 11 is 0. The Morgan fingerprint density at radius 1 is 0.923 bits per heavy atom. The summed E-state index contributed by atoms with van der Waals surface area (Å²) in [6.45, 7) is 2.62. The molecule has 1 aliphatic heterocycles. The number of nitrogens with zero attached hydrogens (tertiary/aromatic N) is 3. The lowest BCUT2D eigenvalue weighted by Crippen LogP contribution is -2.30. The molecule has 0 amide bonds. The van der Waals surface area contributed by atoms with Crippen molar-refractivity contribution in [3.05, 3.63) is 30.1 Å². The molecule has 0 radical (unpaired) electrons. The Hall–Kier alpha value is -2.70. The molecule has 2 aromatic rings. The summed E-state index contributed by atoms with van der Waals surface area (Å²) in [4.78, 5) is 11.1. The summed E-state index contributed by atoms with van der Waals surface area (Å²) in [6, 6.07) is 5.69. The molecule has 2 heterocycles. The zero-order valence-electron chi connectivity index (χ0n) is 15.6. The molecule has 1 aromatic carbocycles. The highest BCUT2D eigenvalue weighted by molar-refractivity contribution is 5.54. The monoisotopic (exact) mass is 358 g/mol. The van der Waals surface area contributed by atoms with Gasteiger partial charge in [0.05, 0.1) is 26.9 Å². The molecule has 1 saturated heterocycles. The van der Waals surface area contributed by atoms with Gasteiger partial charge in [0.25, 0.3) is 0 Å². The first-order valence-corrected chi connectivity index (χ1v) is 8.85. The first kappa shape index (κ1) is 18.1. The molecule has 26 heavy (non-hydrogen) atoms. The Balaban J connectivity index is 1.76. The number of hydrogen-bond acceptors (Lipinski definition) is 7. The van der Waals surface area contributed by atoms with Crippen LogP contribution in [0.4, 0.5) is 11.6 Å². The summed E-state index contributed by atoms with van der Waals surface area (Å²) in [7, 11) is 4.89. The highest BCUT2D eigenvalue weighted by Gasteiger charge is 2.15. The highest BCUT2D eigenvalue weighted by atomic mass is 16.5. The fourth-order valence-corrected chi connectivity index (χ4v) is 3.17. The van der Waals surface area contributed by atoms with Crippen molar-refractivity contribution in [1.82, 2.24) is 9.97 Å². The average Bonchev–Trinajstić information content (AvgIpc) is 2.72. The zero-order valence-corrected chi connectivity index (χ0v) is 15.6. The van der Waals surface area contributed by atoms with Crippen LogP contribution in [0.1, 0.15) is 24.8 Å². The van der Waals surface area contributed by atoms with Crippen LogP contribution in [0.5, 0.6) is 17.2 Å². The van der Waals surface area contributed by atoms with Gasteiger partial charge in [0.2, 0.25) is 0 Å². The predicted molar refractivity (Wildman–Crippen MR) is 102 cm³/mol. The Bertz CT molecular complexity index is 707. The van der Waals surface area contributed by atoms with Crippen molar-refractivity contribution < 1.29 is 14.2 Å². The molecule has 0 bridgehead atoms.